The average molecular weight is 357 g/mol. The van der Waals surface area contributed by atoms with Gasteiger partial charge in [-0.1, -0.05) is 11.2 Å². The lowest BCUT2D eigenvalue weighted by atomic mass is 9.92. The van der Waals surface area contributed by atoms with Crippen molar-refractivity contribution in [1.29, 1.82) is 0 Å². The first-order valence-electron chi connectivity index (χ1n) is 8.32. The van der Waals surface area contributed by atoms with Crippen LogP contribution in [0, 0.1) is 13.8 Å². The highest BCUT2D eigenvalue weighted by molar-refractivity contribution is 6.06. The van der Waals surface area contributed by atoms with E-state index in [-0.39, 0.29) is 19.2 Å². The van der Waals surface area contributed by atoms with E-state index >= 15 is 0 Å². The third-order valence-electron chi connectivity index (χ3n) is 4.84. The highest BCUT2D eigenvalue weighted by atomic mass is 16.7. The Bertz CT molecular complexity index is 887. The molecular formula is C18H19N3O5. The van der Waals surface area contributed by atoms with Crippen molar-refractivity contribution in [2.75, 3.05) is 6.79 Å². The Morgan fingerprint density at radius 3 is 2.73 bits per heavy atom. The molecule has 2 aromatic rings. The number of benzene rings is 1. The van der Waals surface area contributed by atoms with Crippen molar-refractivity contribution >= 4 is 11.9 Å². The highest BCUT2D eigenvalue weighted by Crippen LogP contribution is 2.34. The number of urea groups is 1. The van der Waals surface area contributed by atoms with Crippen molar-refractivity contribution in [3.8, 4) is 11.5 Å². The summed E-state index contributed by atoms with van der Waals surface area (Å²) in [6.45, 7) is 5.61. The number of rotatable bonds is 4. The fraction of sp³-hybridized carbons (Fsp3) is 0.389. The number of hydrogen-bond donors (Lipinski definition) is 1. The predicted molar refractivity (Wildman–Crippen MR) is 89.7 cm³/mol. The second-order valence-corrected chi connectivity index (χ2v) is 6.82. The number of nitrogens with one attached hydrogen (secondary N) is 1. The molecule has 8 heteroatoms. The van der Waals surface area contributed by atoms with Crippen LogP contribution in [0.15, 0.2) is 22.7 Å². The normalized spacial score (nSPS) is 21.4. The monoisotopic (exact) mass is 357 g/mol. The van der Waals surface area contributed by atoms with Crippen molar-refractivity contribution in [3.05, 3.63) is 40.8 Å². The maximum Gasteiger partial charge on any atom is 0.325 e. The molecule has 1 aromatic heterocycles. The number of amides is 3. The molecule has 1 atom stereocenters. The van der Waals surface area contributed by atoms with Gasteiger partial charge in [-0.2, -0.15) is 0 Å². The van der Waals surface area contributed by atoms with Gasteiger partial charge in [-0.15, -0.1) is 0 Å². The Kier molecular flexibility index (Phi) is 3.64. The van der Waals surface area contributed by atoms with Crippen molar-refractivity contribution in [2.24, 2.45) is 0 Å². The van der Waals surface area contributed by atoms with E-state index in [1.807, 2.05) is 18.2 Å². The van der Waals surface area contributed by atoms with Gasteiger partial charge >= 0.3 is 6.03 Å². The summed E-state index contributed by atoms with van der Waals surface area (Å²) < 4.78 is 15.8. The first-order valence-corrected chi connectivity index (χ1v) is 8.32. The molecule has 1 fully saturated rings. The summed E-state index contributed by atoms with van der Waals surface area (Å²) >= 11 is 0. The topological polar surface area (TPSA) is 93.9 Å². The van der Waals surface area contributed by atoms with E-state index in [0.29, 0.717) is 29.4 Å². The second kappa shape index (κ2) is 5.76. The Morgan fingerprint density at radius 2 is 2.00 bits per heavy atom. The first-order chi connectivity index (χ1) is 12.4. The molecule has 136 valence electrons. The van der Waals surface area contributed by atoms with Gasteiger partial charge in [-0.05, 0) is 38.5 Å². The second-order valence-electron chi connectivity index (χ2n) is 6.82. The van der Waals surface area contributed by atoms with Gasteiger partial charge in [0.15, 0.2) is 11.5 Å². The van der Waals surface area contributed by atoms with Crippen LogP contribution in [0.4, 0.5) is 4.79 Å². The number of hydrogen-bond acceptors (Lipinski definition) is 6. The van der Waals surface area contributed by atoms with Crippen LogP contribution in [0.2, 0.25) is 0 Å². The van der Waals surface area contributed by atoms with E-state index in [2.05, 4.69) is 10.5 Å². The molecule has 0 radical (unpaired) electrons. The van der Waals surface area contributed by atoms with Crippen molar-refractivity contribution in [1.82, 2.24) is 15.4 Å². The lowest BCUT2D eigenvalue weighted by Gasteiger charge is -2.22. The van der Waals surface area contributed by atoms with Crippen molar-refractivity contribution in [3.63, 3.8) is 0 Å². The first kappa shape index (κ1) is 16.4. The van der Waals surface area contributed by atoms with Crippen LogP contribution in [0.25, 0.3) is 0 Å². The van der Waals surface area contributed by atoms with Gasteiger partial charge in [0.2, 0.25) is 6.79 Å². The van der Waals surface area contributed by atoms with E-state index in [1.165, 1.54) is 4.90 Å². The lowest BCUT2D eigenvalue weighted by molar-refractivity contribution is -0.131. The van der Waals surface area contributed by atoms with Crippen LogP contribution in [-0.4, -0.2) is 34.3 Å². The molecule has 0 spiro atoms. The molecule has 0 unspecified atom stereocenters. The molecule has 1 N–H and O–H groups in total. The molecule has 2 aliphatic heterocycles. The van der Waals surface area contributed by atoms with Crippen LogP contribution in [-0.2, 0) is 17.8 Å². The summed E-state index contributed by atoms with van der Waals surface area (Å²) in [6, 6.07) is 5.10. The summed E-state index contributed by atoms with van der Waals surface area (Å²) in [5, 5.41) is 6.69. The van der Waals surface area contributed by atoms with Gasteiger partial charge < -0.3 is 19.3 Å². The standard InChI is InChI=1S/C18H19N3O5/c1-10-13(11(2)26-20-10)8-21-16(22)18(3,19-17(21)23)7-12-4-5-14-15(6-12)25-9-24-14/h4-6H,7-9H2,1-3H3,(H,19,23)/t18-/m0/s1. The van der Waals surface area contributed by atoms with Gasteiger partial charge in [0, 0.05) is 12.0 Å². The maximum atomic E-state index is 13.0. The molecule has 2 aliphatic rings. The molecular weight excluding hydrogens is 338 g/mol. The number of aryl methyl sites for hydroxylation is 2. The van der Waals surface area contributed by atoms with Crippen LogP contribution in [0.1, 0.15) is 29.5 Å². The summed E-state index contributed by atoms with van der Waals surface area (Å²) in [6.07, 6.45) is 0.353. The maximum absolute atomic E-state index is 13.0. The molecule has 4 rings (SSSR count). The molecule has 8 nitrogen and oxygen atoms in total. The molecule has 1 saturated heterocycles. The van der Waals surface area contributed by atoms with Crippen molar-refractivity contribution < 1.29 is 23.6 Å². The molecule has 0 saturated carbocycles. The Morgan fingerprint density at radius 1 is 1.23 bits per heavy atom. The summed E-state index contributed by atoms with van der Waals surface area (Å²) in [5.41, 5.74) is 1.28. The fourth-order valence-electron chi connectivity index (χ4n) is 3.36. The molecule has 26 heavy (non-hydrogen) atoms. The number of aromatic nitrogens is 1. The number of carbonyl (C=O) groups excluding carboxylic acids is 2. The van der Waals surface area contributed by atoms with Gasteiger partial charge in [0.25, 0.3) is 5.91 Å². The number of carbonyl (C=O) groups is 2. The van der Waals surface area contributed by atoms with Crippen LogP contribution in [0.5, 0.6) is 11.5 Å². The van der Waals surface area contributed by atoms with E-state index in [1.54, 1.807) is 20.8 Å². The molecule has 0 aliphatic carbocycles. The number of ether oxygens (including phenoxy) is 2. The minimum Gasteiger partial charge on any atom is -0.454 e. The van der Waals surface area contributed by atoms with E-state index in [4.69, 9.17) is 14.0 Å². The van der Waals surface area contributed by atoms with Gasteiger partial charge in [0.05, 0.1) is 12.2 Å². The number of fused-ring (bicyclic) bond motifs is 1. The molecule has 3 amide bonds. The zero-order chi connectivity index (χ0) is 18.5. The predicted octanol–water partition coefficient (Wildman–Crippen LogP) is 2.07. The van der Waals surface area contributed by atoms with Crippen LogP contribution in [0.3, 0.4) is 0 Å². The van der Waals surface area contributed by atoms with Crippen LogP contribution >= 0.6 is 0 Å². The minimum absolute atomic E-state index is 0.141. The zero-order valence-electron chi connectivity index (χ0n) is 14.8. The van der Waals surface area contributed by atoms with E-state index in [0.717, 1.165) is 11.1 Å². The third kappa shape index (κ3) is 2.58. The van der Waals surface area contributed by atoms with E-state index in [9.17, 15) is 9.59 Å². The highest BCUT2D eigenvalue weighted by Gasteiger charge is 2.48. The minimum atomic E-state index is -1.02. The Balaban J connectivity index is 1.55. The quantitative estimate of drug-likeness (QED) is 0.842. The number of imide groups is 1. The molecule has 3 heterocycles. The Labute approximate surface area is 150 Å². The SMILES string of the molecule is Cc1noc(C)c1CN1C(=O)N[C@@](C)(Cc2ccc3c(c2)OCO3)C1=O. The van der Waals surface area contributed by atoms with Gasteiger partial charge in [0.1, 0.15) is 11.3 Å². The van der Waals surface area contributed by atoms with Gasteiger partial charge in [-0.3, -0.25) is 9.69 Å². The zero-order valence-corrected chi connectivity index (χ0v) is 14.8. The van der Waals surface area contributed by atoms with E-state index < -0.39 is 11.6 Å². The Hall–Kier alpha value is -3.03. The fourth-order valence-corrected chi connectivity index (χ4v) is 3.36. The number of nitrogens with zero attached hydrogens (tertiary/aromatic N) is 2. The average Bonchev–Trinajstić information content (AvgIpc) is 3.23. The lowest BCUT2D eigenvalue weighted by Crippen LogP contribution is -2.45. The summed E-state index contributed by atoms with van der Waals surface area (Å²) in [4.78, 5) is 26.6. The summed E-state index contributed by atoms with van der Waals surface area (Å²) in [7, 11) is 0. The molecule has 1 aromatic carbocycles. The summed E-state index contributed by atoms with van der Waals surface area (Å²) in [5.74, 6) is 1.66. The van der Waals surface area contributed by atoms with Crippen LogP contribution < -0.4 is 14.8 Å². The largest absolute Gasteiger partial charge is 0.454 e. The molecule has 0 bridgehead atoms. The van der Waals surface area contributed by atoms with Crippen molar-refractivity contribution in [2.45, 2.75) is 39.3 Å². The third-order valence-corrected chi connectivity index (χ3v) is 4.84. The smallest absolute Gasteiger partial charge is 0.325 e. The van der Waals surface area contributed by atoms with Gasteiger partial charge in [-0.25, -0.2) is 4.79 Å².